The van der Waals surface area contributed by atoms with Gasteiger partial charge in [0.15, 0.2) is 0 Å². The predicted molar refractivity (Wildman–Crippen MR) is 91.3 cm³/mol. The SMILES string of the molecule is CCOC(=O)N1CCC[C@]2(CCN(Cc3ccccc3C#N)C2)C1. The van der Waals surface area contributed by atoms with Gasteiger partial charge in [0.1, 0.15) is 0 Å². The van der Waals surface area contributed by atoms with Gasteiger partial charge in [0.25, 0.3) is 0 Å². The van der Waals surface area contributed by atoms with Crippen LogP contribution in [0.1, 0.15) is 37.3 Å². The number of nitrogens with zero attached hydrogens (tertiary/aromatic N) is 3. The van der Waals surface area contributed by atoms with E-state index in [1.807, 2.05) is 36.1 Å². The molecule has 1 spiro atoms. The maximum atomic E-state index is 12.0. The van der Waals surface area contributed by atoms with Crippen LogP contribution in [-0.4, -0.2) is 48.7 Å². The van der Waals surface area contributed by atoms with E-state index in [4.69, 9.17) is 4.74 Å². The summed E-state index contributed by atoms with van der Waals surface area (Å²) in [6, 6.07) is 10.1. The van der Waals surface area contributed by atoms with E-state index in [1.54, 1.807) is 0 Å². The molecule has 0 saturated carbocycles. The first-order chi connectivity index (χ1) is 11.7. The number of carbonyl (C=O) groups excluding carboxylic acids is 1. The molecule has 0 unspecified atom stereocenters. The smallest absolute Gasteiger partial charge is 0.409 e. The molecule has 0 N–H and O–H groups in total. The van der Waals surface area contributed by atoms with Crippen molar-refractivity contribution in [2.24, 2.45) is 5.41 Å². The first kappa shape index (κ1) is 16.8. The molecule has 1 amide bonds. The van der Waals surface area contributed by atoms with E-state index in [2.05, 4.69) is 11.0 Å². The Bertz CT molecular complexity index is 640. The van der Waals surface area contributed by atoms with Crippen LogP contribution in [-0.2, 0) is 11.3 Å². The number of amides is 1. The fourth-order valence-electron chi connectivity index (χ4n) is 4.08. The van der Waals surface area contributed by atoms with Crippen molar-refractivity contribution in [2.75, 3.05) is 32.8 Å². The van der Waals surface area contributed by atoms with Gasteiger partial charge < -0.3 is 9.64 Å². The van der Waals surface area contributed by atoms with Crippen LogP contribution < -0.4 is 0 Å². The largest absolute Gasteiger partial charge is 0.450 e. The highest BCUT2D eigenvalue weighted by Crippen LogP contribution is 2.39. The summed E-state index contributed by atoms with van der Waals surface area (Å²) in [6.07, 6.45) is 3.14. The number of carbonyl (C=O) groups is 1. The third kappa shape index (κ3) is 3.54. The summed E-state index contributed by atoms with van der Waals surface area (Å²) in [5.74, 6) is 0. The molecule has 0 aromatic heterocycles. The fourth-order valence-corrected chi connectivity index (χ4v) is 4.08. The topological polar surface area (TPSA) is 56.6 Å². The minimum Gasteiger partial charge on any atom is -0.450 e. The zero-order chi connectivity index (χ0) is 17.0. The molecule has 5 heteroatoms. The Balaban J connectivity index is 1.64. The van der Waals surface area contributed by atoms with Crippen molar-refractivity contribution in [1.82, 2.24) is 9.80 Å². The molecule has 2 aliphatic rings. The second-order valence-corrected chi connectivity index (χ2v) is 6.95. The van der Waals surface area contributed by atoms with Gasteiger partial charge in [-0.25, -0.2) is 4.79 Å². The monoisotopic (exact) mass is 327 g/mol. The Morgan fingerprint density at radius 2 is 2.12 bits per heavy atom. The van der Waals surface area contributed by atoms with E-state index < -0.39 is 0 Å². The second kappa shape index (κ2) is 7.23. The van der Waals surface area contributed by atoms with Crippen LogP contribution in [0.5, 0.6) is 0 Å². The third-order valence-electron chi connectivity index (χ3n) is 5.24. The summed E-state index contributed by atoms with van der Waals surface area (Å²) < 4.78 is 5.17. The van der Waals surface area contributed by atoms with Crippen LogP contribution in [0, 0.1) is 16.7 Å². The van der Waals surface area contributed by atoms with E-state index in [0.717, 1.165) is 56.7 Å². The molecular weight excluding hydrogens is 302 g/mol. The Kier molecular flexibility index (Phi) is 5.06. The van der Waals surface area contributed by atoms with Gasteiger partial charge >= 0.3 is 6.09 Å². The average molecular weight is 327 g/mol. The number of likely N-dealkylation sites (tertiary alicyclic amines) is 2. The molecule has 1 aromatic rings. The van der Waals surface area contributed by atoms with Crippen LogP contribution in [0.4, 0.5) is 4.79 Å². The van der Waals surface area contributed by atoms with Crippen molar-refractivity contribution in [1.29, 1.82) is 5.26 Å². The number of ether oxygens (including phenoxy) is 1. The van der Waals surface area contributed by atoms with Crippen molar-refractivity contribution in [3.05, 3.63) is 35.4 Å². The van der Waals surface area contributed by atoms with Gasteiger partial charge in [-0.2, -0.15) is 5.26 Å². The lowest BCUT2D eigenvalue weighted by Crippen LogP contribution is -2.47. The summed E-state index contributed by atoms with van der Waals surface area (Å²) in [5.41, 5.74) is 2.04. The standard InChI is InChI=1S/C19H25N3O2/c1-2-24-18(23)22-10-5-8-19(15-22)9-11-21(14-19)13-17-7-4-3-6-16(17)12-20/h3-4,6-7H,2,5,8-11,13-15H2,1H3/t19-/m1/s1. The molecule has 0 aliphatic carbocycles. The third-order valence-corrected chi connectivity index (χ3v) is 5.24. The normalized spacial score (nSPS) is 24.1. The van der Waals surface area contributed by atoms with Crippen molar-refractivity contribution in [3.63, 3.8) is 0 Å². The van der Waals surface area contributed by atoms with Crippen LogP contribution in [0.25, 0.3) is 0 Å². The molecule has 24 heavy (non-hydrogen) atoms. The zero-order valence-corrected chi connectivity index (χ0v) is 14.3. The minimum atomic E-state index is -0.176. The molecule has 1 atom stereocenters. The molecule has 0 bridgehead atoms. The average Bonchev–Trinajstić information content (AvgIpc) is 2.97. The maximum absolute atomic E-state index is 12.0. The predicted octanol–water partition coefficient (Wildman–Crippen LogP) is 3.00. The van der Waals surface area contributed by atoms with E-state index in [9.17, 15) is 10.1 Å². The summed E-state index contributed by atoms with van der Waals surface area (Å²) in [4.78, 5) is 16.3. The van der Waals surface area contributed by atoms with Gasteiger partial charge in [-0.1, -0.05) is 18.2 Å². The quantitative estimate of drug-likeness (QED) is 0.856. The first-order valence-corrected chi connectivity index (χ1v) is 8.78. The lowest BCUT2D eigenvalue weighted by Gasteiger charge is -2.39. The van der Waals surface area contributed by atoms with Crippen LogP contribution >= 0.6 is 0 Å². The molecule has 5 nitrogen and oxygen atoms in total. The van der Waals surface area contributed by atoms with E-state index in [-0.39, 0.29) is 11.5 Å². The number of nitriles is 1. The Hall–Kier alpha value is -2.06. The molecule has 1 aromatic carbocycles. The summed E-state index contributed by atoms with van der Waals surface area (Å²) in [6.45, 7) is 6.70. The lowest BCUT2D eigenvalue weighted by molar-refractivity contribution is 0.0600. The van der Waals surface area contributed by atoms with E-state index in [0.29, 0.717) is 6.61 Å². The van der Waals surface area contributed by atoms with Gasteiger partial charge in [-0.3, -0.25) is 4.90 Å². The molecule has 2 fully saturated rings. The Morgan fingerprint density at radius 1 is 1.29 bits per heavy atom. The first-order valence-electron chi connectivity index (χ1n) is 8.78. The number of hydrogen-bond acceptors (Lipinski definition) is 4. The van der Waals surface area contributed by atoms with Crippen LogP contribution in [0.2, 0.25) is 0 Å². The summed E-state index contributed by atoms with van der Waals surface area (Å²) in [7, 11) is 0. The molecule has 2 saturated heterocycles. The van der Waals surface area contributed by atoms with Crippen LogP contribution in [0.15, 0.2) is 24.3 Å². The zero-order valence-electron chi connectivity index (χ0n) is 14.3. The Morgan fingerprint density at radius 3 is 2.92 bits per heavy atom. The number of piperidine rings is 1. The van der Waals surface area contributed by atoms with E-state index in [1.165, 1.54) is 6.42 Å². The number of hydrogen-bond donors (Lipinski definition) is 0. The Labute approximate surface area is 143 Å². The molecule has 2 aliphatic heterocycles. The number of rotatable bonds is 3. The maximum Gasteiger partial charge on any atom is 0.409 e. The van der Waals surface area contributed by atoms with E-state index >= 15 is 0 Å². The highest BCUT2D eigenvalue weighted by molar-refractivity contribution is 5.67. The summed E-state index contributed by atoms with van der Waals surface area (Å²) in [5, 5.41) is 9.25. The van der Waals surface area contributed by atoms with Crippen molar-refractivity contribution in [2.45, 2.75) is 32.7 Å². The summed E-state index contributed by atoms with van der Waals surface area (Å²) >= 11 is 0. The van der Waals surface area contributed by atoms with Crippen LogP contribution in [0.3, 0.4) is 0 Å². The van der Waals surface area contributed by atoms with Gasteiger partial charge in [-0.15, -0.1) is 0 Å². The van der Waals surface area contributed by atoms with Gasteiger partial charge in [-0.05, 0) is 44.4 Å². The molecule has 2 heterocycles. The van der Waals surface area contributed by atoms with Gasteiger partial charge in [0.05, 0.1) is 18.2 Å². The molecular formula is C19H25N3O2. The van der Waals surface area contributed by atoms with Crippen molar-refractivity contribution < 1.29 is 9.53 Å². The fraction of sp³-hybridized carbons (Fsp3) is 0.579. The number of benzene rings is 1. The highest BCUT2D eigenvalue weighted by Gasteiger charge is 2.42. The van der Waals surface area contributed by atoms with Crippen molar-refractivity contribution in [3.8, 4) is 6.07 Å². The van der Waals surface area contributed by atoms with Gasteiger partial charge in [0.2, 0.25) is 0 Å². The molecule has 0 radical (unpaired) electrons. The molecule has 128 valence electrons. The lowest BCUT2D eigenvalue weighted by atomic mass is 9.79. The molecule has 3 rings (SSSR count). The minimum absolute atomic E-state index is 0.176. The highest BCUT2D eigenvalue weighted by atomic mass is 16.6. The second-order valence-electron chi connectivity index (χ2n) is 6.95. The van der Waals surface area contributed by atoms with Crippen molar-refractivity contribution >= 4 is 6.09 Å². The van der Waals surface area contributed by atoms with Gasteiger partial charge in [0, 0.05) is 31.6 Å².